The lowest BCUT2D eigenvalue weighted by Crippen LogP contribution is -1.98. The number of alkyl halides is 1. The van der Waals surface area contributed by atoms with Gasteiger partial charge in [-0.15, -0.1) is 11.6 Å². The lowest BCUT2D eigenvalue weighted by Gasteiger charge is -2.06. The van der Waals surface area contributed by atoms with Gasteiger partial charge in [0.05, 0.1) is 5.88 Å². The van der Waals surface area contributed by atoms with Crippen molar-refractivity contribution in [1.82, 2.24) is 9.97 Å². The molecule has 0 N–H and O–H groups in total. The first-order chi connectivity index (χ1) is 8.60. The number of aryl methyl sites for hydroxylation is 1. The Morgan fingerprint density at radius 1 is 1.33 bits per heavy atom. The van der Waals surface area contributed by atoms with E-state index in [9.17, 15) is 8.78 Å². The second-order valence-corrected chi connectivity index (χ2v) is 3.84. The van der Waals surface area contributed by atoms with Crippen LogP contribution in [0.5, 0.6) is 11.8 Å². The predicted octanol–water partition coefficient (Wildman–Crippen LogP) is 3.59. The van der Waals surface area contributed by atoms with E-state index >= 15 is 0 Å². The maximum Gasteiger partial charge on any atom is 0.322 e. The molecule has 1 aromatic carbocycles. The molecule has 1 aromatic heterocycles. The highest BCUT2D eigenvalue weighted by molar-refractivity contribution is 6.17. The van der Waals surface area contributed by atoms with Gasteiger partial charge in [-0.25, -0.2) is 13.8 Å². The summed E-state index contributed by atoms with van der Waals surface area (Å²) in [5, 5.41) is 0. The molecule has 0 amide bonds. The Bertz CT molecular complexity index is 578. The molecule has 94 valence electrons. The molecule has 0 atom stereocenters. The molecule has 6 heteroatoms. The second kappa shape index (κ2) is 5.27. The summed E-state index contributed by atoms with van der Waals surface area (Å²) in [6.45, 7) is 1.74. The fourth-order valence-corrected chi connectivity index (χ4v) is 1.57. The van der Waals surface area contributed by atoms with Crippen molar-refractivity contribution in [3.8, 4) is 11.8 Å². The van der Waals surface area contributed by atoms with Crippen LogP contribution in [0.3, 0.4) is 0 Å². The third kappa shape index (κ3) is 2.73. The summed E-state index contributed by atoms with van der Waals surface area (Å²) < 4.78 is 31.2. The average Bonchev–Trinajstić information content (AvgIpc) is 2.33. The zero-order chi connectivity index (χ0) is 13.1. The summed E-state index contributed by atoms with van der Waals surface area (Å²) in [5.41, 5.74) is 1.42. The molecular weight excluding hydrogens is 262 g/mol. The first kappa shape index (κ1) is 12.7. The van der Waals surface area contributed by atoms with Gasteiger partial charge in [-0.2, -0.15) is 4.98 Å². The van der Waals surface area contributed by atoms with Gasteiger partial charge in [0.2, 0.25) is 0 Å². The molecule has 0 aliphatic rings. The van der Waals surface area contributed by atoms with Gasteiger partial charge in [0.1, 0.15) is 5.82 Å². The van der Waals surface area contributed by atoms with Crippen molar-refractivity contribution in [3.05, 3.63) is 47.3 Å². The van der Waals surface area contributed by atoms with Crippen LogP contribution in [0.4, 0.5) is 8.78 Å². The maximum atomic E-state index is 13.3. The SMILES string of the molecule is Cc1nc(Oc2ccc(F)cc2F)ncc1CCl. The molecule has 0 aliphatic heterocycles. The van der Waals surface area contributed by atoms with Crippen molar-refractivity contribution in [2.24, 2.45) is 0 Å². The van der Waals surface area contributed by atoms with E-state index in [-0.39, 0.29) is 17.6 Å². The molecule has 0 spiro atoms. The standard InChI is InChI=1S/C12H9ClF2N2O/c1-7-8(5-13)6-16-12(17-7)18-11-3-2-9(14)4-10(11)15/h2-4,6H,5H2,1H3. The van der Waals surface area contributed by atoms with Crippen LogP contribution in [0.2, 0.25) is 0 Å². The van der Waals surface area contributed by atoms with E-state index in [1.54, 1.807) is 6.92 Å². The summed E-state index contributed by atoms with van der Waals surface area (Å²) in [6, 6.07) is 3.00. The highest BCUT2D eigenvalue weighted by atomic mass is 35.5. The molecule has 0 saturated carbocycles. The van der Waals surface area contributed by atoms with Crippen molar-refractivity contribution < 1.29 is 13.5 Å². The van der Waals surface area contributed by atoms with Gasteiger partial charge in [0.25, 0.3) is 0 Å². The zero-order valence-electron chi connectivity index (χ0n) is 9.45. The van der Waals surface area contributed by atoms with Crippen LogP contribution in [0.15, 0.2) is 24.4 Å². The van der Waals surface area contributed by atoms with Crippen molar-refractivity contribution in [1.29, 1.82) is 0 Å². The van der Waals surface area contributed by atoms with E-state index in [0.717, 1.165) is 17.7 Å². The van der Waals surface area contributed by atoms with E-state index in [0.29, 0.717) is 5.69 Å². The normalized spacial score (nSPS) is 10.4. The molecule has 0 saturated heterocycles. The van der Waals surface area contributed by atoms with Gasteiger partial charge < -0.3 is 4.74 Å². The Kier molecular flexibility index (Phi) is 3.72. The fourth-order valence-electron chi connectivity index (χ4n) is 1.31. The van der Waals surface area contributed by atoms with Gasteiger partial charge in [-0.3, -0.25) is 0 Å². The summed E-state index contributed by atoms with van der Waals surface area (Å²) in [6.07, 6.45) is 1.51. The molecule has 0 radical (unpaired) electrons. The van der Waals surface area contributed by atoms with Crippen LogP contribution < -0.4 is 4.74 Å². The monoisotopic (exact) mass is 270 g/mol. The Hall–Kier alpha value is -1.75. The highest BCUT2D eigenvalue weighted by Crippen LogP contribution is 2.23. The van der Waals surface area contributed by atoms with Crippen LogP contribution in [-0.2, 0) is 5.88 Å². The Balaban J connectivity index is 2.26. The van der Waals surface area contributed by atoms with Crippen molar-refractivity contribution >= 4 is 11.6 Å². The lowest BCUT2D eigenvalue weighted by molar-refractivity contribution is 0.406. The highest BCUT2D eigenvalue weighted by Gasteiger charge is 2.09. The first-order valence-electron chi connectivity index (χ1n) is 5.11. The fraction of sp³-hybridized carbons (Fsp3) is 0.167. The number of hydrogen-bond acceptors (Lipinski definition) is 3. The molecule has 0 aliphatic carbocycles. The summed E-state index contributed by atoms with van der Waals surface area (Å²) >= 11 is 5.66. The van der Waals surface area contributed by atoms with Crippen molar-refractivity contribution in [2.45, 2.75) is 12.8 Å². The first-order valence-corrected chi connectivity index (χ1v) is 5.65. The number of hydrogen-bond donors (Lipinski definition) is 0. The number of rotatable bonds is 3. The molecule has 0 fully saturated rings. The Morgan fingerprint density at radius 3 is 2.72 bits per heavy atom. The van der Waals surface area contributed by atoms with Crippen LogP contribution in [-0.4, -0.2) is 9.97 Å². The Labute approximate surface area is 107 Å². The van der Waals surface area contributed by atoms with Crippen LogP contribution in [0.25, 0.3) is 0 Å². The van der Waals surface area contributed by atoms with Crippen LogP contribution >= 0.6 is 11.6 Å². The number of nitrogens with zero attached hydrogens (tertiary/aromatic N) is 2. The van der Waals surface area contributed by atoms with Gasteiger partial charge in [0.15, 0.2) is 11.6 Å². The van der Waals surface area contributed by atoms with Crippen molar-refractivity contribution in [2.75, 3.05) is 0 Å². The predicted molar refractivity (Wildman–Crippen MR) is 62.8 cm³/mol. The number of aromatic nitrogens is 2. The number of benzene rings is 1. The van der Waals surface area contributed by atoms with Crippen LogP contribution in [0.1, 0.15) is 11.3 Å². The maximum absolute atomic E-state index is 13.3. The minimum atomic E-state index is -0.808. The molecule has 1 heterocycles. The molecular formula is C12H9ClF2N2O. The Morgan fingerprint density at radius 2 is 2.11 bits per heavy atom. The molecule has 0 bridgehead atoms. The lowest BCUT2D eigenvalue weighted by atomic mass is 10.3. The molecule has 18 heavy (non-hydrogen) atoms. The third-order valence-electron chi connectivity index (χ3n) is 2.30. The quantitative estimate of drug-likeness (QED) is 0.800. The van der Waals surface area contributed by atoms with E-state index in [4.69, 9.17) is 16.3 Å². The minimum absolute atomic E-state index is 0.00752. The van der Waals surface area contributed by atoms with Gasteiger partial charge in [-0.1, -0.05) is 0 Å². The summed E-state index contributed by atoms with van der Waals surface area (Å²) in [5.74, 6) is -1.32. The minimum Gasteiger partial charge on any atom is -0.421 e. The second-order valence-electron chi connectivity index (χ2n) is 3.57. The molecule has 2 aromatic rings. The summed E-state index contributed by atoms with van der Waals surface area (Å²) in [4.78, 5) is 7.92. The molecule has 2 rings (SSSR count). The molecule has 0 unspecified atom stereocenters. The molecule has 3 nitrogen and oxygen atoms in total. The summed E-state index contributed by atoms with van der Waals surface area (Å²) in [7, 11) is 0. The van der Waals surface area contributed by atoms with Gasteiger partial charge in [0, 0.05) is 23.5 Å². The van der Waals surface area contributed by atoms with Crippen molar-refractivity contribution in [3.63, 3.8) is 0 Å². The average molecular weight is 271 g/mol. The van der Waals surface area contributed by atoms with E-state index < -0.39 is 11.6 Å². The van der Waals surface area contributed by atoms with E-state index in [1.807, 2.05) is 0 Å². The van der Waals surface area contributed by atoms with E-state index in [2.05, 4.69) is 9.97 Å². The smallest absolute Gasteiger partial charge is 0.322 e. The topological polar surface area (TPSA) is 35.0 Å². The van der Waals surface area contributed by atoms with Gasteiger partial charge >= 0.3 is 6.01 Å². The number of halogens is 3. The number of ether oxygens (including phenoxy) is 1. The third-order valence-corrected chi connectivity index (χ3v) is 2.59. The largest absolute Gasteiger partial charge is 0.421 e. The van der Waals surface area contributed by atoms with Gasteiger partial charge in [-0.05, 0) is 19.1 Å². The zero-order valence-corrected chi connectivity index (χ0v) is 10.2. The van der Waals surface area contributed by atoms with E-state index in [1.165, 1.54) is 12.3 Å². The van der Waals surface area contributed by atoms with Crippen LogP contribution in [0, 0.1) is 18.6 Å².